The zero-order valence-corrected chi connectivity index (χ0v) is 17.9. The zero-order chi connectivity index (χ0) is 22.7. The van der Waals surface area contributed by atoms with E-state index in [0.29, 0.717) is 5.69 Å². The van der Waals surface area contributed by atoms with E-state index < -0.39 is 18.3 Å². The third-order valence-electron chi connectivity index (χ3n) is 5.78. The van der Waals surface area contributed by atoms with E-state index in [2.05, 4.69) is 34.6 Å². The van der Waals surface area contributed by atoms with Gasteiger partial charge in [-0.05, 0) is 47.2 Å². The number of nitrogens with one attached hydrogen (secondary N) is 1. The average Bonchev–Trinajstić information content (AvgIpc) is 3.11. The Labute approximate surface area is 186 Å². The van der Waals surface area contributed by atoms with Crippen LogP contribution in [0.15, 0.2) is 60.8 Å². The Morgan fingerprint density at radius 2 is 1.75 bits per heavy atom. The Morgan fingerprint density at radius 3 is 2.38 bits per heavy atom. The van der Waals surface area contributed by atoms with E-state index in [1.54, 1.807) is 12.3 Å². The van der Waals surface area contributed by atoms with Gasteiger partial charge in [0.05, 0.1) is 17.5 Å². The number of pyridine rings is 1. The van der Waals surface area contributed by atoms with Crippen LogP contribution in [0.1, 0.15) is 40.8 Å². The number of anilines is 1. The highest BCUT2D eigenvalue weighted by atomic mass is 16.5. The number of amides is 1. The van der Waals surface area contributed by atoms with E-state index in [4.69, 9.17) is 10.5 Å². The number of fused-ring (bicyclic) bond motifs is 3. The summed E-state index contributed by atoms with van der Waals surface area (Å²) >= 11 is 0. The molecule has 0 radical (unpaired) electrons. The summed E-state index contributed by atoms with van der Waals surface area (Å²) in [6.07, 6.45) is -1.22. The number of aliphatic hydroxyl groups excluding tert-OH is 2. The average molecular weight is 434 g/mol. The minimum Gasteiger partial charge on any atom is -0.449 e. The van der Waals surface area contributed by atoms with Crippen LogP contribution in [-0.2, 0) is 4.74 Å². The van der Waals surface area contributed by atoms with Gasteiger partial charge in [-0.2, -0.15) is 0 Å². The van der Waals surface area contributed by atoms with E-state index in [1.165, 1.54) is 11.1 Å². The fourth-order valence-electron chi connectivity index (χ4n) is 4.16. The second-order valence-electron chi connectivity index (χ2n) is 8.04. The van der Waals surface area contributed by atoms with Crippen molar-refractivity contribution >= 4 is 11.8 Å². The zero-order valence-electron chi connectivity index (χ0n) is 17.9. The van der Waals surface area contributed by atoms with Gasteiger partial charge in [-0.15, -0.1) is 0 Å². The van der Waals surface area contributed by atoms with Crippen molar-refractivity contribution in [2.45, 2.75) is 31.5 Å². The van der Waals surface area contributed by atoms with Crippen molar-refractivity contribution in [2.75, 3.05) is 18.9 Å². The fourth-order valence-corrected chi connectivity index (χ4v) is 4.16. The maximum Gasteiger partial charge on any atom is 0.407 e. The molecule has 1 heterocycles. The number of hydrogen-bond acceptors (Lipinski definition) is 6. The van der Waals surface area contributed by atoms with Crippen molar-refractivity contribution in [3.63, 3.8) is 0 Å². The molecule has 166 valence electrons. The molecule has 32 heavy (non-hydrogen) atoms. The van der Waals surface area contributed by atoms with E-state index in [9.17, 15) is 15.0 Å². The lowest BCUT2D eigenvalue weighted by atomic mass is 9.98. The summed E-state index contributed by atoms with van der Waals surface area (Å²) in [5.41, 5.74) is 11.9. The number of nitrogens with two attached hydrogens (primary N) is 1. The van der Waals surface area contributed by atoms with Crippen molar-refractivity contribution in [1.82, 2.24) is 10.3 Å². The highest BCUT2D eigenvalue weighted by molar-refractivity contribution is 5.79. The van der Waals surface area contributed by atoms with Crippen LogP contribution in [0, 0.1) is 6.92 Å². The lowest BCUT2D eigenvalue weighted by Gasteiger charge is -2.19. The van der Waals surface area contributed by atoms with Gasteiger partial charge in [0.25, 0.3) is 0 Å². The molecule has 2 aromatic carbocycles. The minimum absolute atomic E-state index is 0.0175. The summed E-state index contributed by atoms with van der Waals surface area (Å²) in [5.74, 6) is -0.0175. The van der Waals surface area contributed by atoms with Gasteiger partial charge in [0.15, 0.2) is 0 Å². The lowest BCUT2D eigenvalue weighted by molar-refractivity contribution is 0.0116. The molecule has 0 bridgehead atoms. The summed E-state index contributed by atoms with van der Waals surface area (Å²) in [6.45, 7) is 2.20. The Morgan fingerprint density at radius 1 is 1.12 bits per heavy atom. The van der Waals surface area contributed by atoms with Gasteiger partial charge in [-0.1, -0.05) is 48.5 Å². The summed E-state index contributed by atoms with van der Waals surface area (Å²) in [7, 11) is 0. The van der Waals surface area contributed by atoms with Gasteiger partial charge in [0, 0.05) is 18.7 Å². The normalized spacial score (nSPS) is 14.3. The van der Waals surface area contributed by atoms with Gasteiger partial charge < -0.3 is 26.0 Å². The molecule has 7 nitrogen and oxygen atoms in total. The molecule has 1 aliphatic carbocycles. The standard InChI is InChI=1S/C25H27N3O4/c1-15-12-21(26)23(28-13-15)24(30)22(29)10-11-27-25(31)32-14-20-18-8-4-2-6-16(18)17-7-3-5-9-19(17)20/h2-9,12-13,20,22,24,29-30H,10-11,14,26H2,1H3,(H,27,31). The lowest BCUT2D eigenvalue weighted by Crippen LogP contribution is -2.31. The number of nitrogens with zero attached hydrogens (tertiary/aromatic N) is 1. The first kappa shape index (κ1) is 21.8. The number of benzene rings is 2. The molecule has 1 aliphatic rings. The van der Waals surface area contributed by atoms with Crippen molar-refractivity contribution in [2.24, 2.45) is 0 Å². The number of aromatic nitrogens is 1. The third-order valence-corrected chi connectivity index (χ3v) is 5.78. The quantitative estimate of drug-likeness (QED) is 0.454. The van der Waals surface area contributed by atoms with Gasteiger partial charge in [0.2, 0.25) is 0 Å². The van der Waals surface area contributed by atoms with Crippen molar-refractivity contribution < 1.29 is 19.7 Å². The van der Waals surface area contributed by atoms with Crippen molar-refractivity contribution in [1.29, 1.82) is 0 Å². The molecule has 5 N–H and O–H groups in total. The first-order valence-electron chi connectivity index (χ1n) is 10.6. The van der Waals surface area contributed by atoms with Crippen LogP contribution in [0.5, 0.6) is 0 Å². The molecule has 2 unspecified atom stereocenters. The van der Waals surface area contributed by atoms with Crippen molar-refractivity contribution in [3.8, 4) is 11.1 Å². The van der Waals surface area contributed by atoms with Crippen LogP contribution in [0.25, 0.3) is 11.1 Å². The molecule has 7 heteroatoms. The number of nitrogen functional groups attached to an aromatic ring is 1. The molecule has 0 fully saturated rings. The van der Waals surface area contributed by atoms with E-state index in [0.717, 1.165) is 16.7 Å². The first-order chi connectivity index (χ1) is 15.5. The highest BCUT2D eigenvalue weighted by Crippen LogP contribution is 2.44. The summed E-state index contributed by atoms with van der Waals surface area (Å²) in [4.78, 5) is 16.3. The fraction of sp³-hybridized carbons (Fsp3) is 0.280. The summed E-state index contributed by atoms with van der Waals surface area (Å²) in [6, 6.07) is 17.9. The predicted molar refractivity (Wildman–Crippen MR) is 122 cm³/mol. The number of alkyl carbamates (subject to hydrolysis) is 1. The summed E-state index contributed by atoms with van der Waals surface area (Å²) < 4.78 is 5.47. The van der Waals surface area contributed by atoms with Gasteiger partial charge >= 0.3 is 6.09 Å². The van der Waals surface area contributed by atoms with E-state index in [-0.39, 0.29) is 31.2 Å². The monoisotopic (exact) mass is 433 g/mol. The highest BCUT2D eigenvalue weighted by Gasteiger charge is 2.29. The Bertz CT molecular complexity index is 1070. The molecular formula is C25H27N3O4. The molecular weight excluding hydrogens is 406 g/mol. The second-order valence-corrected chi connectivity index (χ2v) is 8.04. The van der Waals surface area contributed by atoms with Gasteiger partial charge in [0.1, 0.15) is 12.7 Å². The van der Waals surface area contributed by atoms with Crippen LogP contribution in [0.4, 0.5) is 10.5 Å². The van der Waals surface area contributed by atoms with Crippen molar-refractivity contribution in [3.05, 3.63) is 83.2 Å². The van der Waals surface area contributed by atoms with E-state index >= 15 is 0 Å². The number of rotatable bonds is 7. The number of carbonyl (C=O) groups excluding carboxylic acids is 1. The molecule has 0 saturated carbocycles. The topological polar surface area (TPSA) is 118 Å². The summed E-state index contributed by atoms with van der Waals surface area (Å²) in [5, 5.41) is 23.2. The number of hydrogen-bond donors (Lipinski definition) is 4. The molecule has 0 saturated heterocycles. The molecule has 2 atom stereocenters. The van der Waals surface area contributed by atoms with Crippen LogP contribution in [0.2, 0.25) is 0 Å². The Balaban J connectivity index is 1.29. The maximum absolute atomic E-state index is 12.2. The van der Waals surface area contributed by atoms with Gasteiger partial charge in [-0.25, -0.2) is 4.79 Å². The first-order valence-corrected chi connectivity index (χ1v) is 10.6. The number of ether oxygens (including phenoxy) is 1. The number of aryl methyl sites for hydroxylation is 1. The maximum atomic E-state index is 12.2. The van der Waals surface area contributed by atoms with E-state index in [1.807, 2.05) is 31.2 Å². The molecule has 1 amide bonds. The minimum atomic E-state index is -1.24. The Kier molecular flexibility index (Phi) is 6.39. The smallest absolute Gasteiger partial charge is 0.407 e. The molecule has 1 aromatic heterocycles. The Hall–Kier alpha value is -3.42. The number of aliphatic hydroxyl groups is 2. The van der Waals surface area contributed by atoms with Crippen LogP contribution in [-0.4, -0.2) is 40.5 Å². The number of carbonyl (C=O) groups is 1. The predicted octanol–water partition coefficient (Wildman–Crippen LogP) is 3.30. The molecule has 0 spiro atoms. The van der Waals surface area contributed by atoms with Crippen LogP contribution < -0.4 is 11.1 Å². The third kappa shape index (κ3) is 4.44. The van der Waals surface area contributed by atoms with Gasteiger partial charge in [-0.3, -0.25) is 4.98 Å². The molecule has 3 aromatic rings. The molecule has 4 rings (SSSR count). The SMILES string of the molecule is Cc1cnc(C(O)C(O)CCNC(=O)OCC2c3ccccc3-c3ccccc32)c(N)c1. The second kappa shape index (κ2) is 9.38. The molecule has 0 aliphatic heterocycles. The largest absolute Gasteiger partial charge is 0.449 e. The van der Waals surface area contributed by atoms with Crippen LogP contribution in [0.3, 0.4) is 0 Å². The van der Waals surface area contributed by atoms with Crippen LogP contribution >= 0.6 is 0 Å².